The molecule has 0 bridgehead atoms. The van der Waals surface area contributed by atoms with E-state index in [-0.39, 0.29) is 5.82 Å². The summed E-state index contributed by atoms with van der Waals surface area (Å²) in [5.74, 6) is -0.0972. The predicted molar refractivity (Wildman–Crippen MR) is 35.8 cm³/mol. The first kappa shape index (κ1) is 6.27. The van der Waals surface area contributed by atoms with E-state index in [0.717, 1.165) is 12.0 Å². The van der Waals surface area contributed by atoms with Crippen LogP contribution in [0.15, 0.2) is 24.3 Å². The van der Waals surface area contributed by atoms with Crippen molar-refractivity contribution in [2.24, 2.45) is 0 Å². The minimum Gasteiger partial charge on any atom is -0.207 e. The van der Waals surface area contributed by atoms with Crippen molar-refractivity contribution < 1.29 is 4.39 Å². The Labute approximate surface area is 54.3 Å². The molecule has 9 heavy (non-hydrogen) atoms. The standard InChI is InChI=1S/C8H9F/c1-2-7-5-3-4-6-8(7)9/h3-6H,2H2,1H3. The van der Waals surface area contributed by atoms with E-state index in [2.05, 4.69) is 0 Å². The zero-order valence-corrected chi connectivity index (χ0v) is 5.39. The van der Waals surface area contributed by atoms with Gasteiger partial charge in [-0.2, -0.15) is 0 Å². The van der Waals surface area contributed by atoms with Crippen LogP contribution in [0.2, 0.25) is 0 Å². The highest BCUT2D eigenvalue weighted by molar-refractivity contribution is 5.16. The summed E-state index contributed by atoms with van der Waals surface area (Å²) >= 11 is 0. The van der Waals surface area contributed by atoms with Crippen molar-refractivity contribution in [3.8, 4) is 0 Å². The summed E-state index contributed by atoms with van der Waals surface area (Å²) in [4.78, 5) is 0. The first-order valence-electron chi connectivity index (χ1n) is 3.08. The second-order valence-corrected chi connectivity index (χ2v) is 1.94. The molecule has 1 heteroatoms. The molecule has 0 fully saturated rings. The smallest absolute Gasteiger partial charge is 0.126 e. The number of rotatable bonds is 1. The number of halogens is 1. The molecule has 0 N–H and O–H groups in total. The monoisotopic (exact) mass is 124 g/mol. The summed E-state index contributed by atoms with van der Waals surface area (Å²) in [6.45, 7) is 1.94. The normalized spacial score (nSPS) is 9.56. The first-order valence-corrected chi connectivity index (χ1v) is 3.08. The number of hydrogen-bond acceptors (Lipinski definition) is 0. The molecule has 1 aromatic carbocycles. The molecule has 0 saturated carbocycles. The average Bonchev–Trinajstić information content (AvgIpc) is 1.89. The summed E-state index contributed by atoms with van der Waals surface area (Å²) in [7, 11) is 0. The molecule has 0 nitrogen and oxygen atoms in total. The Morgan fingerprint density at radius 3 is 2.44 bits per heavy atom. The SMILES string of the molecule is CCc1ccccc1F. The molecule has 0 aliphatic heterocycles. The third kappa shape index (κ3) is 1.28. The highest BCUT2D eigenvalue weighted by atomic mass is 19.1. The number of hydrogen-bond donors (Lipinski definition) is 0. The van der Waals surface area contributed by atoms with Crippen LogP contribution in [-0.4, -0.2) is 0 Å². The average molecular weight is 124 g/mol. The molecule has 0 amide bonds. The maximum atomic E-state index is 12.6. The summed E-state index contributed by atoms with van der Waals surface area (Å²) in [6, 6.07) is 6.84. The van der Waals surface area contributed by atoms with Gasteiger partial charge in [-0.1, -0.05) is 25.1 Å². The molecule has 0 aromatic heterocycles. The van der Waals surface area contributed by atoms with E-state index in [9.17, 15) is 4.39 Å². The quantitative estimate of drug-likeness (QED) is 0.539. The first-order chi connectivity index (χ1) is 4.34. The van der Waals surface area contributed by atoms with Gasteiger partial charge in [-0.25, -0.2) is 4.39 Å². The Balaban J connectivity index is 3.01. The second kappa shape index (κ2) is 2.62. The predicted octanol–water partition coefficient (Wildman–Crippen LogP) is 2.39. The maximum absolute atomic E-state index is 12.6. The van der Waals surface area contributed by atoms with Crippen LogP contribution < -0.4 is 0 Å². The third-order valence-corrected chi connectivity index (χ3v) is 1.34. The van der Waals surface area contributed by atoms with Gasteiger partial charge in [0.25, 0.3) is 0 Å². The van der Waals surface area contributed by atoms with E-state index in [1.165, 1.54) is 6.07 Å². The van der Waals surface area contributed by atoms with Gasteiger partial charge in [0.2, 0.25) is 0 Å². The lowest BCUT2D eigenvalue weighted by Crippen LogP contribution is -1.83. The molecule has 48 valence electrons. The fraction of sp³-hybridized carbons (Fsp3) is 0.250. The summed E-state index contributed by atoms with van der Waals surface area (Å²) < 4.78 is 12.6. The van der Waals surface area contributed by atoms with Crippen molar-refractivity contribution in [3.05, 3.63) is 35.6 Å². The van der Waals surface area contributed by atoms with Crippen molar-refractivity contribution in [2.75, 3.05) is 0 Å². The van der Waals surface area contributed by atoms with Gasteiger partial charge >= 0.3 is 0 Å². The van der Waals surface area contributed by atoms with Crippen LogP contribution in [-0.2, 0) is 6.42 Å². The lowest BCUT2D eigenvalue weighted by Gasteiger charge is -1.94. The van der Waals surface area contributed by atoms with Gasteiger partial charge in [0.15, 0.2) is 0 Å². The van der Waals surface area contributed by atoms with Crippen molar-refractivity contribution >= 4 is 0 Å². The van der Waals surface area contributed by atoms with Gasteiger partial charge in [0.05, 0.1) is 0 Å². The molecule has 0 saturated heterocycles. The molecule has 0 unspecified atom stereocenters. The Morgan fingerprint density at radius 1 is 1.33 bits per heavy atom. The van der Waals surface area contributed by atoms with Crippen LogP contribution in [0, 0.1) is 5.82 Å². The van der Waals surface area contributed by atoms with Gasteiger partial charge in [-0.3, -0.25) is 0 Å². The fourth-order valence-corrected chi connectivity index (χ4v) is 0.785. The molecular formula is C8H9F. The van der Waals surface area contributed by atoms with Crippen molar-refractivity contribution in [3.63, 3.8) is 0 Å². The highest BCUT2D eigenvalue weighted by Crippen LogP contribution is 2.05. The zero-order chi connectivity index (χ0) is 6.69. The molecule has 1 rings (SSSR count). The minimum absolute atomic E-state index is 0.0972. The van der Waals surface area contributed by atoms with E-state index in [1.54, 1.807) is 12.1 Å². The summed E-state index contributed by atoms with van der Waals surface area (Å²) in [5, 5.41) is 0. The third-order valence-electron chi connectivity index (χ3n) is 1.34. The minimum atomic E-state index is -0.0972. The molecule has 0 aliphatic carbocycles. The number of benzene rings is 1. The Bertz CT molecular complexity index is 194. The van der Waals surface area contributed by atoms with E-state index in [0.29, 0.717) is 0 Å². The number of aryl methyl sites for hydroxylation is 1. The van der Waals surface area contributed by atoms with Crippen molar-refractivity contribution in [1.29, 1.82) is 0 Å². The molecule has 1 aromatic rings. The van der Waals surface area contributed by atoms with E-state index in [4.69, 9.17) is 0 Å². The Hall–Kier alpha value is -0.850. The van der Waals surface area contributed by atoms with Gasteiger partial charge in [-0.15, -0.1) is 0 Å². The van der Waals surface area contributed by atoms with Gasteiger partial charge < -0.3 is 0 Å². The van der Waals surface area contributed by atoms with Crippen LogP contribution in [0.1, 0.15) is 12.5 Å². The van der Waals surface area contributed by atoms with Crippen molar-refractivity contribution in [2.45, 2.75) is 13.3 Å². The lowest BCUT2D eigenvalue weighted by molar-refractivity contribution is 0.612. The van der Waals surface area contributed by atoms with Crippen LogP contribution in [0.4, 0.5) is 4.39 Å². The van der Waals surface area contributed by atoms with E-state index < -0.39 is 0 Å². The van der Waals surface area contributed by atoms with Crippen LogP contribution in [0.3, 0.4) is 0 Å². The Kier molecular flexibility index (Phi) is 1.83. The van der Waals surface area contributed by atoms with E-state index >= 15 is 0 Å². The van der Waals surface area contributed by atoms with Crippen LogP contribution in [0.25, 0.3) is 0 Å². The highest BCUT2D eigenvalue weighted by Gasteiger charge is 1.93. The molecule has 0 aliphatic rings. The molecular weight excluding hydrogens is 115 g/mol. The molecule has 0 spiro atoms. The van der Waals surface area contributed by atoms with Gasteiger partial charge in [0.1, 0.15) is 5.82 Å². The van der Waals surface area contributed by atoms with Crippen LogP contribution >= 0.6 is 0 Å². The largest absolute Gasteiger partial charge is 0.207 e. The van der Waals surface area contributed by atoms with Gasteiger partial charge in [0, 0.05) is 0 Å². The molecule has 0 atom stereocenters. The second-order valence-electron chi connectivity index (χ2n) is 1.94. The van der Waals surface area contributed by atoms with Crippen molar-refractivity contribution in [1.82, 2.24) is 0 Å². The fourth-order valence-electron chi connectivity index (χ4n) is 0.785. The summed E-state index contributed by atoms with van der Waals surface area (Å²) in [5.41, 5.74) is 0.789. The van der Waals surface area contributed by atoms with Gasteiger partial charge in [-0.05, 0) is 18.1 Å². The van der Waals surface area contributed by atoms with E-state index in [1.807, 2.05) is 13.0 Å². The summed E-state index contributed by atoms with van der Waals surface area (Å²) in [6.07, 6.45) is 0.771. The topological polar surface area (TPSA) is 0 Å². The Morgan fingerprint density at radius 2 is 2.00 bits per heavy atom. The lowest BCUT2D eigenvalue weighted by atomic mass is 10.2. The maximum Gasteiger partial charge on any atom is 0.126 e. The zero-order valence-electron chi connectivity index (χ0n) is 5.39. The van der Waals surface area contributed by atoms with Crippen LogP contribution in [0.5, 0.6) is 0 Å². The molecule has 0 radical (unpaired) electrons. The molecule has 0 heterocycles.